The fraction of sp³-hybridized carbons (Fsp3) is 0.238. The van der Waals surface area contributed by atoms with Gasteiger partial charge in [0.1, 0.15) is 10.6 Å². The number of amides is 1. The summed E-state index contributed by atoms with van der Waals surface area (Å²) in [5, 5.41) is 3.06. The molecule has 2 heterocycles. The lowest BCUT2D eigenvalue weighted by Gasteiger charge is -2.05. The van der Waals surface area contributed by atoms with Gasteiger partial charge in [0.25, 0.3) is 11.5 Å². The lowest BCUT2D eigenvalue weighted by Crippen LogP contribution is -2.38. The van der Waals surface area contributed by atoms with E-state index < -0.39 is 17.2 Å². The zero-order valence-corrected chi connectivity index (χ0v) is 18.0. The van der Waals surface area contributed by atoms with Crippen LogP contribution in [0, 0.1) is 0 Å². The Kier molecular flexibility index (Phi) is 6.71. The van der Waals surface area contributed by atoms with Crippen molar-refractivity contribution in [3.8, 4) is 5.75 Å². The minimum Gasteiger partial charge on any atom is -0.497 e. The highest BCUT2D eigenvalue weighted by Crippen LogP contribution is 2.22. The van der Waals surface area contributed by atoms with Gasteiger partial charge in [0.15, 0.2) is 0 Å². The number of allylic oxidation sites excluding steroid dienone is 1. The Morgan fingerprint density at radius 3 is 2.52 bits per heavy atom. The van der Waals surface area contributed by atoms with E-state index >= 15 is 0 Å². The molecule has 0 radical (unpaired) electrons. The van der Waals surface area contributed by atoms with Gasteiger partial charge in [-0.1, -0.05) is 18.2 Å². The van der Waals surface area contributed by atoms with Gasteiger partial charge in [-0.2, -0.15) is 0 Å². The van der Waals surface area contributed by atoms with Crippen LogP contribution in [0.15, 0.2) is 52.1 Å². The summed E-state index contributed by atoms with van der Waals surface area (Å²) in [6.45, 7) is 0.212. The molecule has 0 saturated carbocycles. The highest BCUT2D eigenvalue weighted by atomic mass is 32.1. The number of carbonyl (C=O) groups is 2. The Morgan fingerprint density at radius 1 is 1.16 bits per heavy atom. The van der Waals surface area contributed by atoms with Crippen molar-refractivity contribution in [1.82, 2.24) is 14.5 Å². The molecule has 31 heavy (non-hydrogen) atoms. The Morgan fingerprint density at radius 2 is 1.87 bits per heavy atom. The third-order valence-electron chi connectivity index (χ3n) is 4.59. The average Bonchev–Trinajstić information content (AvgIpc) is 3.24. The summed E-state index contributed by atoms with van der Waals surface area (Å²) < 4.78 is 11.9. The lowest BCUT2D eigenvalue weighted by molar-refractivity contribution is -0.134. The molecule has 0 fully saturated rings. The largest absolute Gasteiger partial charge is 0.497 e. The predicted molar refractivity (Wildman–Crippen MR) is 117 cm³/mol. The minimum absolute atomic E-state index is 0.0919. The van der Waals surface area contributed by atoms with Gasteiger partial charge >= 0.3 is 11.7 Å². The molecule has 0 spiro atoms. The zero-order valence-electron chi connectivity index (χ0n) is 17.2. The van der Waals surface area contributed by atoms with E-state index in [0.717, 1.165) is 33.3 Å². The van der Waals surface area contributed by atoms with Gasteiger partial charge in [0.05, 0.1) is 24.5 Å². The number of hydrogen-bond donors (Lipinski definition) is 1. The summed E-state index contributed by atoms with van der Waals surface area (Å²) in [4.78, 5) is 49.9. The highest BCUT2D eigenvalue weighted by molar-refractivity contribution is 7.20. The van der Waals surface area contributed by atoms with Crippen LogP contribution >= 0.6 is 11.3 Å². The van der Waals surface area contributed by atoms with Crippen LogP contribution in [0.3, 0.4) is 0 Å². The molecule has 0 bridgehead atoms. The summed E-state index contributed by atoms with van der Waals surface area (Å²) in [6, 6.07) is 8.76. The second-order valence-corrected chi connectivity index (χ2v) is 7.57. The number of rotatable bonds is 7. The maximum absolute atomic E-state index is 12.8. The fourth-order valence-electron chi connectivity index (χ4n) is 2.89. The van der Waals surface area contributed by atoms with Crippen LogP contribution in [0.4, 0.5) is 0 Å². The van der Waals surface area contributed by atoms with Gasteiger partial charge in [0.2, 0.25) is 0 Å². The Labute approximate surface area is 181 Å². The summed E-state index contributed by atoms with van der Waals surface area (Å²) in [7, 11) is 4.34. The van der Waals surface area contributed by atoms with E-state index in [9.17, 15) is 19.2 Å². The normalized spacial score (nSPS) is 11.1. The molecule has 1 amide bonds. The first-order valence-corrected chi connectivity index (χ1v) is 10.1. The second kappa shape index (κ2) is 9.43. The number of thiophene rings is 1. The van der Waals surface area contributed by atoms with Crippen molar-refractivity contribution in [1.29, 1.82) is 0 Å². The maximum Gasteiger partial charge on any atom is 0.332 e. The van der Waals surface area contributed by atoms with E-state index in [0.29, 0.717) is 16.3 Å². The van der Waals surface area contributed by atoms with Crippen molar-refractivity contribution >= 4 is 33.4 Å². The van der Waals surface area contributed by atoms with Gasteiger partial charge in [-0.3, -0.25) is 18.7 Å². The summed E-state index contributed by atoms with van der Waals surface area (Å²) in [5.74, 6) is -0.212. The van der Waals surface area contributed by atoms with E-state index in [1.165, 1.54) is 30.9 Å². The number of nitrogens with zero attached hydrogens (tertiary/aromatic N) is 2. The summed E-state index contributed by atoms with van der Waals surface area (Å²) in [6.07, 6.45) is 2.51. The maximum atomic E-state index is 12.8. The molecule has 3 aromatic rings. The molecule has 3 rings (SSSR count). The Bertz CT molecular complexity index is 1270. The highest BCUT2D eigenvalue weighted by Gasteiger charge is 2.17. The third-order valence-corrected chi connectivity index (χ3v) is 5.80. The number of fused-ring (bicyclic) bond motifs is 1. The SMILES string of the molecule is COC(=O)C=CCn1c(=O)c2cc(C(=O)NCc3ccc(OC)cc3)sc2n(C)c1=O. The van der Waals surface area contributed by atoms with Crippen LogP contribution in [0.25, 0.3) is 10.2 Å². The van der Waals surface area contributed by atoms with Crippen LogP contribution in [-0.4, -0.2) is 35.2 Å². The van der Waals surface area contributed by atoms with E-state index in [4.69, 9.17) is 4.74 Å². The number of benzene rings is 1. The summed E-state index contributed by atoms with van der Waals surface area (Å²) >= 11 is 1.07. The van der Waals surface area contributed by atoms with Gasteiger partial charge in [-0.05, 0) is 23.8 Å². The molecule has 162 valence electrons. The van der Waals surface area contributed by atoms with Crippen molar-refractivity contribution in [3.05, 3.63) is 73.8 Å². The molecule has 0 aliphatic carbocycles. The number of aryl methyl sites for hydroxylation is 1. The van der Waals surface area contributed by atoms with Gasteiger partial charge < -0.3 is 14.8 Å². The Hall–Kier alpha value is -3.66. The molecular formula is C21H21N3O6S. The van der Waals surface area contributed by atoms with Crippen molar-refractivity contribution in [3.63, 3.8) is 0 Å². The topological polar surface area (TPSA) is 109 Å². The molecule has 2 aromatic heterocycles. The van der Waals surface area contributed by atoms with E-state index in [1.54, 1.807) is 19.2 Å². The van der Waals surface area contributed by atoms with E-state index in [1.807, 2.05) is 12.1 Å². The minimum atomic E-state index is -0.586. The predicted octanol–water partition coefficient (Wildman–Crippen LogP) is 1.43. The molecule has 0 saturated heterocycles. The lowest BCUT2D eigenvalue weighted by atomic mass is 10.2. The van der Waals surface area contributed by atoms with Crippen LogP contribution in [0.2, 0.25) is 0 Å². The van der Waals surface area contributed by atoms with Crippen LogP contribution < -0.4 is 21.3 Å². The number of esters is 1. The quantitative estimate of drug-likeness (QED) is 0.437. The van der Waals surface area contributed by atoms with Gasteiger partial charge in [0, 0.05) is 26.2 Å². The van der Waals surface area contributed by atoms with E-state index in [-0.39, 0.29) is 17.8 Å². The molecule has 9 nitrogen and oxygen atoms in total. The first kappa shape index (κ1) is 22.0. The molecule has 10 heteroatoms. The molecular weight excluding hydrogens is 422 g/mol. The molecule has 0 aliphatic rings. The number of methoxy groups -OCH3 is 2. The first-order chi connectivity index (χ1) is 14.8. The second-order valence-electron chi connectivity index (χ2n) is 6.54. The smallest absolute Gasteiger partial charge is 0.332 e. The number of carbonyl (C=O) groups excluding carboxylic acids is 2. The number of nitrogens with one attached hydrogen (secondary N) is 1. The number of ether oxygens (including phenoxy) is 2. The van der Waals surface area contributed by atoms with Crippen molar-refractivity contribution in [2.24, 2.45) is 7.05 Å². The van der Waals surface area contributed by atoms with Crippen molar-refractivity contribution in [2.45, 2.75) is 13.1 Å². The van der Waals surface area contributed by atoms with Crippen LogP contribution in [-0.2, 0) is 29.7 Å². The molecule has 0 aliphatic heterocycles. The van der Waals surface area contributed by atoms with Crippen molar-refractivity contribution in [2.75, 3.05) is 14.2 Å². The third kappa shape index (κ3) is 4.75. The van der Waals surface area contributed by atoms with Crippen LogP contribution in [0.1, 0.15) is 15.2 Å². The fourth-order valence-corrected chi connectivity index (χ4v) is 3.91. The monoisotopic (exact) mass is 443 g/mol. The first-order valence-electron chi connectivity index (χ1n) is 9.24. The van der Waals surface area contributed by atoms with Gasteiger partial charge in [-0.25, -0.2) is 9.59 Å². The standard InChI is InChI=1S/C21H21N3O6S/c1-23-20-15(19(27)24(21(23)28)10-4-5-17(25)30-3)11-16(31-20)18(26)22-12-13-6-8-14(29-2)9-7-13/h4-9,11H,10,12H2,1-3H3,(H,22,26). The molecule has 0 unspecified atom stereocenters. The van der Waals surface area contributed by atoms with Gasteiger partial charge in [-0.15, -0.1) is 11.3 Å². The number of hydrogen-bond acceptors (Lipinski definition) is 7. The Balaban J connectivity index is 1.84. The average molecular weight is 443 g/mol. The number of aromatic nitrogens is 2. The zero-order chi connectivity index (χ0) is 22.5. The molecule has 1 N–H and O–H groups in total. The van der Waals surface area contributed by atoms with E-state index in [2.05, 4.69) is 10.1 Å². The van der Waals surface area contributed by atoms with Crippen LogP contribution in [0.5, 0.6) is 5.75 Å². The molecule has 1 aromatic carbocycles. The molecule has 0 atom stereocenters. The summed E-state index contributed by atoms with van der Waals surface area (Å²) in [5.41, 5.74) is -0.181. The van der Waals surface area contributed by atoms with Crippen molar-refractivity contribution < 1.29 is 19.1 Å².